The van der Waals surface area contributed by atoms with E-state index < -0.39 is 12.2 Å². The molecule has 1 aromatic heterocycles. The molecule has 5 aromatic rings. The number of fused-ring (bicyclic) bond motifs is 1. The van der Waals surface area contributed by atoms with Gasteiger partial charge >= 0.3 is 6.09 Å². The molecule has 5 N–H and O–H groups in total. The number of piperidine rings is 1. The number of hydrogen-bond acceptors (Lipinski definition) is 8. The van der Waals surface area contributed by atoms with Crippen LogP contribution in [-0.2, 0) is 48.7 Å². The van der Waals surface area contributed by atoms with E-state index in [-0.39, 0.29) is 69.5 Å². The van der Waals surface area contributed by atoms with Crippen LogP contribution in [0.1, 0.15) is 57.3 Å². The van der Waals surface area contributed by atoms with Crippen LogP contribution in [0.15, 0.2) is 114 Å². The van der Waals surface area contributed by atoms with Crippen LogP contribution in [0.25, 0.3) is 27.3 Å². The largest absolute Gasteiger partial charge is 0.656 e. The fourth-order valence-electron chi connectivity index (χ4n) is 6.38. The Balaban J connectivity index is 0.000000367. The number of para-hydroxylation sites is 1. The number of phenolic OH excluding ortho intramolecular Hbond substituents is 1. The molecule has 1 fully saturated rings. The van der Waals surface area contributed by atoms with E-state index in [9.17, 15) is 24.6 Å². The summed E-state index contributed by atoms with van der Waals surface area (Å²) in [5.74, 6) is -0.0797. The zero-order valence-corrected chi connectivity index (χ0v) is 36.6. The number of rotatable bonds is 12. The number of nitrogens with zero attached hydrogens (tertiary/aromatic N) is 2. The third-order valence-electron chi connectivity index (χ3n) is 9.26. The number of aliphatic hydroxyl groups is 1. The minimum atomic E-state index is -0.743. The molecule has 303 valence electrons. The Morgan fingerprint density at radius 3 is 2.21 bits per heavy atom. The van der Waals surface area contributed by atoms with Gasteiger partial charge in [0.1, 0.15) is 11.9 Å². The molecule has 0 bridgehead atoms. The van der Waals surface area contributed by atoms with Crippen LogP contribution in [0.2, 0.25) is 0 Å². The second-order valence-electron chi connectivity index (χ2n) is 13.2. The molecule has 57 heavy (non-hydrogen) atoms. The molecule has 12 heteroatoms. The summed E-state index contributed by atoms with van der Waals surface area (Å²) in [6.07, 6.45) is 1.58. The van der Waals surface area contributed by atoms with E-state index >= 15 is 0 Å². The van der Waals surface area contributed by atoms with Crippen molar-refractivity contribution < 1.29 is 57.2 Å². The molecule has 11 nitrogen and oxygen atoms in total. The van der Waals surface area contributed by atoms with Crippen molar-refractivity contribution in [2.75, 3.05) is 38.5 Å². The molecule has 0 saturated carbocycles. The average Bonchev–Trinajstić information content (AvgIpc) is 3.21. The summed E-state index contributed by atoms with van der Waals surface area (Å²) in [5.41, 5.74) is 4.71. The van der Waals surface area contributed by atoms with Crippen LogP contribution in [0.4, 0.5) is 10.5 Å². The summed E-state index contributed by atoms with van der Waals surface area (Å²) < 4.78 is 5.62. The molecule has 1 radical (unpaired) electrons. The van der Waals surface area contributed by atoms with Gasteiger partial charge in [0.25, 0.3) is 0 Å². The predicted molar refractivity (Wildman–Crippen MR) is 227 cm³/mol. The maximum Gasteiger partial charge on any atom is 0.411 e. The first-order valence-electron chi connectivity index (χ1n) is 19.0. The van der Waals surface area contributed by atoms with Crippen molar-refractivity contribution in [1.29, 1.82) is 0 Å². The van der Waals surface area contributed by atoms with Gasteiger partial charge in [-0.25, -0.2) is 4.79 Å². The number of carbonyl (C=O) groups is 2. The minimum Gasteiger partial charge on any atom is -0.656 e. The van der Waals surface area contributed by atoms with Gasteiger partial charge in [-0.15, -0.1) is 7.05 Å². The van der Waals surface area contributed by atoms with E-state index in [1.807, 2.05) is 86.6 Å². The van der Waals surface area contributed by atoms with Crippen molar-refractivity contribution in [2.45, 2.75) is 64.7 Å². The Morgan fingerprint density at radius 2 is 1.54 bits per heavy atom. The Labute approximate surface area is 362 Å². The second kappa shape index (κ2) is 25.8. The number of nitrogens with one attached hydrogen (secondary N) is 3. The molecule has 0 aliphatic carbocycles. The molecule has 2 atom stereocenters. The fourth-order valence-corrected chi connectivity index (χ4v) is 6.38. The Hall–Kier alpha value is -4.39. The maximum atomic E-state index is 12.4. The Morgan fingerprint density at radius 1 is 0.912 bits per heavy atom. The van der Waals surface area contributed by atoms with Crippen molar-refractivity contribution in [3.63, 3.8) is 0 Å². The van der Waals surface area contributed by atoms with E-state index in [0.29, 0.717) is 36.0 Å². The molecule has 2 amide bonds. The first kappa shape index (κ1) is 48.8. The van der Waals surface area contributed by atoms with Gasteiger partial charge in [0.15, 0.2) is 0 Å². The number of benzene rings is 4. The number of aliphatic hydroxyl groups excluding tert-OH is 1. The smallest absolute Gasteiger partial charge is 0.411 e. The Bertz CT molecular complexity index is 1990. The normalized spacial score (nSPS) is 13.5. The summed E-state index contributed by atoms with van der Waals surface area (Å²) >= 11 is 0. The molecule has 6 rings (SSSR count). The van der Waals surface area contributed by atoms with E-state index in [2.05, 4.69) is 44.9 Å². The topological polar surface area (TPSA) is 158 Å². The van der Waals surface area contributed by atoms with Crippen molar-refractivity contribution in [1.82, 2.24) is 15.2 Å². The molecule has 1 aliphatic rings. The van der Waals surface area contributed by atoms with Gasteiger partial charge in [0.05, 0.1) is 23.2 Å². The summed E-state index contributed by atoms with van der Waals surface area (Å²) in [5, 5.41) is 31.0. The minimum absolute atomic E-state index is 0. The number of carbonyl (C=O) groups excluding carboxylic acids is 2. The van der Waals surface area contributed by atoms with Crippen LogP contribution in [0.3, 0.4) is 0 Å². The van der Waals surface area contributed by atoms with Gasteiger partial charge in [-0.1, -0.05) is 98.8 Å². The number of hydrogen-bond donors (Lipinski definition) is 5. The number of aromatic nitrogens is 1. The standard InChI is InChI=1S/C22H27N3O3.C20H22N2O3.C2H6.CH3.Y/c1-23-21(26)13-16-25-14-11-18(12-15-25)28-22(27)24-20-10-6-5-9-19(20)17-7-3-2-4-8-17;1-13(11-14-5-3-2-4-6-14)21-12-18(24)15-7-9-17(23)20-16(15)8-10-19(25)22-20;1-2;;/h2-10,18H,11-16H2,1H3,(H2,23,24,26,27);2-10,13,18,21,23-24H,11-12H2,1H3,(H,22,25);1-2H3;1H3;/q;;;-1;/p-1/t;13?,18-;;;/m.0.../s1. The monoisotopic (exact) mass is 852 g/mol. The van der Waals surface area contributed by atoms with Gasteiger partial charge in [0.2, 0.25) is 5.56 Å². The number of phenols is 1. The zero-order chi connectivity index (χ0) is 39.6. The van der Waals surface area contributed by atoms with Crippen molar-refractivity contribution in [2.24, 2.45) is 0 Å². The van der Waals surface area contributed by atoms with Gasteiger partial charge in [0, 0.05) is 88.4 Å². The molecule has 1 unspecified atom stereocenters. The fraction of sp³-hybridized carbons (Fsp3) is 0.333. The van der Waals surface area contributed by atoms with Crippen molar-refractivity contribution in [3.8, 4) is 16.9 Å². The number of aromatic hydroxyl groups is 1. The number of anilines is 1. The number of amides is 2. The number of ether oxygens (including phenoxy) is 1. The molecule has 4 aromatic carbocycles. The first-order chi connectivity index (χ1) is 26.7. The van der Waals surface area contributed by atoms with Crippen molar-refractivity contribution >= 4 is 28.6 Å². The summed E-state index contributed by atoms with van der Waals surface area (Å²) in [7, 11) is 1.52. The Kier molecular flexibility index (Phi) is 22.1. The number of likely N-dealkylation sites (tertiary alicyclic amines) is 1. The third-order valence-corrected chi connectivity index (χ3v) is 9.26. The molecular formula is C45H57N5O6Y-2. The van der Waals surface area contributed by atoms with Crippen LogP contribution in [0.5, 0.6) is 5.75 Å². The van der Waals surface area contributed by atoms with E-state index in [1.54, 1.807) is 12.1 Å². The van der Waals surface area contributed by atoms with E-state index in [0.717, 1.165) is 49.2 Å². The van der Waals surface area contributed by atoms with Crippen LogP contribution in [0, 0.1) is 7.43 Å². The first-order valence-corrected chi connectivity index (χ1v) is 19.0. The van der Waals surface area contributed by atoms with E-state index in [1.165, 1.54) is 24.7 Å². The summed E-state index contributed by atoms with van der Waals surface area (Å²) in [6, 6.07) is 34.2. The molecule has 2 heterocycles. The van der Waals surface area contributed by atoms with Crippen LogP contribution in [-0.4, -0.2) is 77.5 Å². The average molecular weight is 853 g/mol. The second-order valence-corrected chi connectivity index (χ2v) is 13.2. The van der Waals surface area contributed by atoms with Crippen molar-refractivity contribution in [3.05, 3.63) is 143 Å². The SMILES string of the molecule is CC.CC(Cc1ccccc1)NC[C@H](O)c1ccc(O)c2[nH]c(=O)ccc12.C[N-]C(=O)CCN1CCC(OC(=O)Nc2ccccc2-c2ccccc2)CC1.[CH3-].[Y]. The number of pyridine rings is 1. The van der Waals surface area contributed by atoms with Gasteiger partial charge in [-0.3, -0.25) is 10.1 Å². The molecular weight excluding hydrogens is 795 g/mol. The number of aromatic amines is 1. The predicted octanol–water partition coefficient (Wildman–Crippen LogP) is 8.25. The third kappa shape index (κ3) is 15.5. The number of H-pyrrole nitrogens is 1. The molecule has 1 saturated heterocycles. The molecule has 1 aliphatic heterocycles. The van der Waals surface area contributed by atoms with Gasteiger partial charge < -0.3 is 47.7 Å². The molecule has 0 spiro atoms. The quantitative estimate of drug-likeness (QED) is 0.0786. The zero-order valence-electron chi connectivity index (χ0n) is 33.8. The van der Waals surface area contributed by atoms with Gasteiger partial charge in [-0.2, -0.15) is 0 Å². The van der Waals surface area contributed by atoms with Crippen LogP contribution >= 0.6 is 0 Å². The van der Waals surface area contributed by atoms with Gasteiger partial charge in [-0.05, 0) is 61.1 Å². The summed E-state index contributed by atoms with van der Waals surface area (Å²) in [4.78, 5) is 40.0. The van der Waals surface area contributed by atoms with E-state index in [4.69, 9.17) is 4.74 Å². The summed E-state index contributed by atoms with van der Waals surface area (Å²) in [6.45, 7) is 8.80. The van der Waals surface area contributed by atoms with Crippen LogP contribution < -0.4 is 16.2 Å². The maximum absolute atomic E-state index is 12.4.